The Kier molecular flexibility index (Phi) is 6.98. The summed E-state index contributed by atoms with van der Waals surface area (Å²) in [5.41, 5.74) is 3.20. The van der Waals surface area contributed by atoms with Crippen LogP contribution in [0.15, 0.2) is 26.9 Å². The molecule has 162 valence electrons. The van der Waals surface area contributed by atoms with Crippen molar-refractivity contribution >= 4 is 22.3 Å². The maximum absolute atomic E-state index is 13.3. The van der Waals surface area contributed by atoms with Crippen molar-refractivity contribution in [2.24, 2.45) is 11.8 Å². The number of thiazole rings is 1. The van der Waals surface area contributed by atoms with Crippen LogP contribution in [0, 0.1) is 18.8 Å². The number of nitrogens with zero attached hydrogens (tertiary/aromatic N) is 2. The zero-order valence-corrected chi connectivity index (χ0v) is 19.6. The van der Waals surface area contributed by atoms with E-state index in [1.807, 2.05) is 19.2 Å². The van der Waals surface area contributed by atoms with Crippen molar-refractivity contribution < 1.29 is 9.52 Å². The molecule has 3 rings (SSSR count). The zero-order chi connectivity index (χ0) is 22.0. The first kappa shape index (κ1) is 22.5. The van der Waals surface area contributed by atoms with Gasteiger partial charge in [-0.05, 0) is 36.8 Å². The third-order valence-electron chi connectivity index (χ3n) is 5.07. The molecule has 0 aliphatic rings. The Bertz CT molecular complexity index is 1070. The number of phenols is 1. The van der Waals surface area contributed by atoms with Crippen molar-refractivity contribution in [1.82, 2.24) is 9.88 Å². The molecule has 2 aromatic heterocycles. The first-order valence-electron chi connectivity index (χ1n) is 10.6. The van der Waals surface area contributed by atoms with Crippen molar-refractivity contribution in [1.29, 1.82) is 0 Å². The molecule has 0 amide bonds. The minimum absolute atomic E-state index is 0.0965. The van der Waals surface area contributed by atoms with Gasteiger partial charge in [0, 0.05) is 30.7 Å². The van der Waals surface area contributed by atoms with E-state index < -0.39 is 0 Å². The standard InChI is InChI=1S/C24H32N2O3S/c1-7-17-8-18-22(28)20(24-25-16(6)13-30-24)12-29-23(18)19(21(17)27)11-26(9-14(2)3)10-15(4)5/h8,12-15,27H,7,9-11H2,1-6H3. The monoisotopic (exact) mass is 428 g/mol. The molecule has 0 fully saturated rings. The number of fused-ring (bicyclic) bond motifs is 1. The molecule has 30 heavy (non-hydrogen) atoms. The van der Waals surface area contributed by atoms with Crippen molar-refractivity contribution in [2.75, 3.05) is 13.1 Å². The summed E-state index contributed by atoms with van der Waals surface area (Å²) in [6.07, 6.45) is 2.13. The van der Waals surface area contributed by atoms with E-state index >= 15 is 0 Å². The third kappa shape index (κ3) is 4.76. The molecule has 5 nitrogen and oxygen atoms in total. The van der Waals surface area contributed by atoms with E-state index in [1.165, 1.54) is 17.6 Å². The maximum Gasteiger partial charge on any atom is 0.202 e. The second kappa shape index (κ2) is 9.31. The second-order valence-electron chi connectivity index (χ2n) is 8.85. The van der Waals surface area contributed by atoms with Gasteiger partial charge in [-0.15, -0.1) is 11.3 Å². The summed E-state index contributed by atoms with van der Waals surface area (Å²) in [5, 5.41) is 14.1. The normalized spacial score (nSPS) is 12.0. The number of aromatic hydroxyl groups is 1. The number of phenolic OH excluding ortho intramolecular Hbond substituents is 1. The molecule has 0 radical (unpaired) electrons. The lowest BCUT2D eigenvalue weighted by atomic mass is 10.00. The fourth-order valence-electron chi connectivity index (χ4n) is 3.89. The van der Waals surface area contributed by atoms with Crippen LogP contribution in [0.4, 0.5) is 0 Å². The molecule has 0 aliphatic carbocycles. The Morgan fingerprint density at radius 3 is 2.40 bits per heavy atom. The molecule has 1 aromatic carbocycles. The number of benzene rings is 1. The highest BCUT2D eigenvalue weighted by atomic mass is 32.1. The summed E-state index contributed by atoms with van der Waals surface area (Å²) in [6.45, 7) is 15.0. The molecule has 1 N–H and O–H groups in total. The molecular formula is C24H32N2O3S. The van der Waals surface area contributed by atoms with E-state index in [2.05, 4.69) is 37.6 Å². The van der Waals surface area contributed by atoms with Crippen LogP contribution in [0.3, 0.4) is 0 Å². The molecular weight excluding hydrogens is 396 g/mol. The highest BCUT2D eigenvalue weighted by molar-refractivity contribution is 7.13. The largest absolute Gasteiger partial charge is 0.507 e. The van der Waals surface area contributed by atoms with Crippen LogP contribution in [0.2, 0.25) is 0 Å². The van der Waals surface area contributed by atoms with Crippen molar-refractivity contribution in [2.45, 2.75) is 54.5 Å². The third-order valence-corrected chi connectivity index (χ3v) is 6.06. The highest BCUT2D eigenvalue weighted by Crippen LogP contribution is 2.33. The first-order chi connectivity index (χ1) is 14.2. The molecule has 2 heterocycles. The highest BCUT2D eigenvalue weighted by Gasteiger charge is 2.21. The zero-order valence-electron chi connectivity index (χ0n) is 18.8. The Balaban J connectivity index is 2.16. The quantitative estimate of drug-likeness (QED) is 0.505. The molecule has 0 unspecified atom stereocenters. The molecule has 0 atom stereocenters. The SMILES string of the molecule is CCc1cc2c(=O)c(-c3nc(C)cs3)coc2c(CN(CC(C)C)CC(C)C)c1O. The fraction of sp³-hybridized carbons (Fsp3) is 0.500. The smallest absolute Gasteiger partial charge is 0.202 e. The van der Waals surface area contributed by atoms with E-state index in [1.54, 1.807) is 6.07 Å². The number of hydrogen-bond acceptors (Lipinski definition) is 6. The van der Waals surface area contributed by atoms with Gasteiger partial charge in [-0.3, -0.25) is 9.69 Å². The first-order valence-corrected chi connectivity index (χ1v) is 11.5. The van der Waals surface area contributed by atoms with Gasteiger partial charge in [-0.1, -0.05) is 34.6 Å². The van der Waals surface area contributed by atoms with Crippen LogP contribution in [0.1, 0.15) is 51.4 Å². The number of aromatic nitrogens is 1. The Hall–Kier alpha value is -2.18. The van der Waals surface area contributed by atoms with Gasteiger partial charge in [-0.25, -0.2) is 4.98 Å². The Morgan fingerprint density at radius 2 is 1.87 bits per heavy atom. The van der Waals surface area contributed by atoms with Gasteiger partial charge in [-0.2, -0.15) is 0 Å². The lowest BCUT2D eigenvalue weighted by Crippen LogP contribution is -2.31. The van der Waals surface area contributed by atoms with Crippen molar-refractivity contribution in [3.63, 3.8) is 0 Å². The minimum Gasteiger partial charge on any atom is -0.507 e. The molecule has 0 spiro atoms. The molecule has 0 saturated carbocycles. The molecule has 6 heteroatoms. The van der Waals surface area contributed by atoms with Gasteiger partial charge in [0.1, 0.15) is 22.6 Å². The predicted octanol–water partition coefficient (Wildman–Crippen LogP) is 5.61. The Labute approximate surface area is 182 Å². The summed E-state index contributed by atoms with van der Waals surface area (Å²) in [5.74, 6) is 1.24. The fourth-order valence-corrected chi connectivity index (χ4v) is 4.69. The Morgan fingerprint density at radius 1 is 1.20 bits per heavy atom. The number of hydrogen-bond donors (Lipinski definition) is 1. The average Bonchev–Trinajstić information content (AvgIpc) is 3.09. The summed E-state index contributed by atoms with van der Waals surface area (Å²) < 4.78 is 5.99. The van der Waals surface area contributed by atoms with Gasteiger partial charge < -0.3 is 9.52 Å². The average molecular weight is 429 g/mol. The number of rotatable bonds is 8. The maximum atomic E-state index is 13.3. The van der Waals surface area contributed by atoms with Crippen LogP contribution in [0.5, 0.6) is 5.75 Å². The van der Waals surface area contributed by atoms with Crippen LogP contribution in [-0.2, 0) is 13.0 Å². The van der Waals surface area contributed by atoms with Crippen LogP contribution < -0.4 is 5.43 Å². The summed E-state index contributed by atoms with van der Waals surface area (Å²) in [4.78, 5) is 20.1. The van der Waals surface area contributed by atoms with Crippen LogP contribution >= 0.6 is 11.3 Å². The van der Waals surface area contributed by atoms with Crippen LogP contribution in [0.25, 0.3) is 21.5 Å². The molecule has 0 bridgehead atoms. The van der Waals surface area contributed by atoms with E-state index in [9.17, 15) is 9.90 Å². The molecule has 3 aromatic rings. The van der Waals surface area contributed by atoms with E-state index in [4.69, 9.17) is 4.42 Å². The van der Waals surface area contributed by atoms with Crippen molar-refractivity contribution in [3.05, 3.63) is 44.8 Å². The van der Waals surface area contributed by atoms with Gasteiger partial charge in [0.05, 0.1) is 16.5 Å². The summed E-state index contributed by atoms with van der Waals surface area (Å²) in [7, 11) is 0. The summed E-state index contributed by atoms with van der Waals surface area (Å²) in [6, 6.07) is 1.78. The van der Waals surface area contributed by atoms with Gasteiger partial charge >= 0.3 is 0 Å². The molecule has 0 aliphatic heterocycles. The predicted molar refractivity (Wildman–Crippen MR) is 124 cm³/mol. The van der Waals surface area contributed by atoms with E-state index in [0.29, 0.717) is 51.9 Å². The van der Waals surface area contributed by atoms with Crippen molar-refractivity contribution in [3.8, 4) is 16.3 Å². The summed E-state index contributed by atoms with van der Waals surface area (Å²) >= 11 is 1.44. The molecule has 0 saturated heterocycles. The second-order valence-corrected chi connectivity index (χ2v) is 9.71. The minimum atomic E-state index is -0.0965. The number of aryl methyl sites for hydroxylation is 2. The van der Waals surface area contributed by atoms with Crippen LogP contribution in [-0.4, -0.2) is 28.1 Å². The lowest BCUT2D eigenvalue weighted by Gasteiger charge is -2.27. The lowest BCUT2D eigenvalue weighted by molar-refractivity contribution is 0.209. The topological polar surface area (TPSA) is 66.6 Å². The van der Waals surface area contributed by atoms with Gasteiger partial charge in [0.2, 0.25) is 5.43 Å². The van der Waals surface area contributed by atoms with E-state index in [0.717, 1.165) is 24.3 Å². The van der Waals surface area contributed by atoms with Gasteiger partial charge in [0.15, 0.2) is 0 Å². The van der Waals surface area contributed by atoms with Gasteiger partial charge in [0.25, 0.3) is 0 Å². The van der Waals surface area contributed by atoms with E-state index in [-0.39, 0.29) is 11.2 Å².